The lowest BCUT2D eigenvalue weighted by Crippen LogP contribution is -2.26. The number of nitrogens with zero attached hydrogens (tertiary/aromatic N) is 2. The van der Waals surface area contributed by atoms with E-state index in [0.29, 0.717) is 21.8 Å². The molecule has 0 aromatic carbocycles. The Kier molecular flexibility index (Phi) is 4.06. The fraction of sp³-hybridized carbons (Fsp3) is 0.250. The summed E-state index contributed by atoms with van der Waals surface area (Å²) in [5, 5.41) is 12.4. The van der Waals surface area contributed by atoms with Gasteiger partial charge in [0.25, 0.3) is 5.91 Å². The number of thiazole rings is 1. The Hall–Kier alpha value is -2.74. The molecule has 0 aliphatic rings. The Balaban J connectivity index is 1.80. The standard InChI is InChI=1S/C16H15N3O4S/c1-7-4-5-11-10(17-7)6-12(23-11)14(20)18-9(3)15-19-8(2)13(24-15)16(21)22/h4-6,9H,1-3H3,(H,18,20)(H,21,22). The Morgan fingerprint density at radius 1 is 1.29 bits per heavy atom. The maximum absolute atomic E-state index is 12.3. The van der Waals surface area contributed by atoms with Crippen molar-refractivity contribution in [2.75, 3.05) is 0 Å². The van der Waals surface area contributed by atoms with Crippen molar-refractivity contribution < 1.29 is 19.1 Å². The van der Waals surface area contributed by atoms with Crippen molar-refractivity contribution in [3.8, 4) is 0 Å². The number of rotatable bonds is 4. The molecule has 8 heteroatoms. The minimum Gasteiger partial charge on any atom is -0.477 e. The molecule has 1 amide bonds. The third kappa shape index (κ3) is 3.00. The summed E-state index contributed by atoms with van der Waals surface area (Å²) in [5.41, 5.74) is 2.43. The van der Waals surface area contributed by atoms with Crippen molar-refractivity contribution in [1.82, 2.24) is 15.3 Å². The highest BCUT2D eigenvalue weighted by atomic mass is 32.1. The number of hydrogen-bond donors (Lipinski definition) is 2. The van der Waals surface area contributed by atoms with Crippen LogP contribution in [0.5, 0.6) is 0 Å². The second-order valence-electron chi connectivity index (χ2n) is 5.41. The van der Waals surface area contributed by atoms with Crippen LogP contribution >= 0.6 is 11.3 Å². The first-order valence-electron chi connectivity index (χ1n) is 7.24. The van der Waals surface area contributed by atoms with E-state index in [1.807, 2.05) is 13.0 Å². The molecule has 0 aliphatic carbocycles. The summed E-state index contributed by atoms with van der Waals surface area (Å²) in [6.45, 7) is 5.23. The number of aromatic nitrogens is 2. The maximum Gasteiger partial charge on any atom is 0.347 e. The molecule has 0 radical (unpaired) electrons. The van der Waals surface area contributed by atoms with E-state index in [1.54, 1.807) is 26.0 Å². The number of carbonyl (C=O) groups is 2. The zero-order chi connectivity index (χ0) is 17.4. The topological polar surface area (TPSA) is 105 Å². The molecule has 0 spiro atoms. The molecule has 3 heterocycles. The van der Waals surface area contributed by atoms with E-state index in [-0.39, 0.29) is 10.6 Å². The SMILES string of the molecule is Cc1ccc2oc(C(=O)NC(C)c3nc(C)c(C(=O)O)s3)cc2n1. The van der Waals surface area contributed by atoms with Crippen molar-refractivity contribution in [2.24, 2.45) is 0 Å². The molecule has 124 valence electrons. The molecule has 0 aliphatic heterocycles. The fourth-order valence-electron chi connectivity index (χ4n) is 2.27. The molecule has 1 unspecified atom stereocenters. The van der Waals surface area contributed by atoms with Crippen LogP contribution in [0.3, 0.4) is 0 Å². The number of nitrogens with one attached hydrogen (secondary N) is 1. The van der Waals surface area contributed by atoms with E-state index < -0.39 is 17.9 Å². The lowest BCUT2D eigenvalue weighted by atomic mass is 10.3. The zero-order valence-electron chi connectivity index (χ0n) is 13.3. The highest BCUT2D eigenvalue weighted by Gasteiger charge is 2.21. The van der Waals surface area contributed by atoms with Gasteiger partial charge in [0, 0.05) is 11.8 Å². The van der Waals surface area contributed by atoms with Crippen LogP contribution in [0.2, 0.25) is 0 Å². The average Bonchev–Trinajstić information content (AvgIpc) is 3.10. The van der Waals surface area contributed by atoms with E-state index in [4.69, 9.17) is 9.52 Å². The van der Waals surface area contributed by atoms with Gasteiger partial charge in [0.2, 0.25) is 0 Å². The number of carboxylic acids is 1. The molecule has 0 bridgehead atoms. The molecule has 0 saturated heterocycles. The zero-order valence-corrected chi connectivity index (χ0v) is 14.1. The van der Waals surface area contributed by atoms with Gasteiger partial charge in [0.15, 0.2) is 11.3 Å². The van der Waals surface area contributed by atoms with Crippen LogP contribution in [0, 0.1) is 13.8 Å². The molecular formula is C16H15N3O4S. The van der Waals surface area contributed by atoms with Gasteiger partial charge in [-0.1, -0.05) is 0 Å². The number of hydrogen-bond acceptors (Lipinski definition) is 6. The molecule has 3 aromatic heterocycles. The number of amides is 1. The number of aromatic carboxylic acids is 1. The highest BCUT2D eigenvalue weighted by Crippen LogP contribution is 2.24. The van der Waals surface area contributed by atoms with Crippen LogP contribution in [-0.2, 0) is 0 Å². The first-order chi connectivity index (χ1) is 11.3. The smallest absolute Gasteiger partial charge is 0.347 e. The predicted octanol–water partition coefficient (Wildman–Crippen LogP) is 3.09. The summed E-state index contributed by atoms with van der Waals surface area (Å²) in [6.07, 6.45) is 0. The second-order valence-corrected chi connectivity index (χ2v) is 6.44. The van der Waals surface area contributed by atoms with Gasteiger partial charge in [0.05, 0.1) is 11.7 Å². The quantitative estimate of drug-likeness (QED) is 0.753. The van der Waals surface area contributed by atoms with Crippen molar-refractivity contribution >= 4 is 34.3 Å². The Labute approximate surface area is 141 Å². The van der Waals surface area contributed by atoms with Gasteiger partial charge in [-0.25, -0.2) is 14.8 Å². The monoisotopic (exact) mass is 345 g/mol. The molecular weight excluding hydrogens is 330 g/mol. The average molecular weight is 345 g/mol. The minimum atomic E-state index is -1.02. The largest absolute Gasteiger partial charge is 0.477 e. The van der Waals surface area contributed by atoms with Gasteiger partial charge in [-0.05, 0) is 32.9 Å². The van der Waals surface area contributed by atoms with Crippen LogP contribution in [0.4, 0.5) is 0 Å². The number of carboxylic acid groups (broad SMARTS) is 1. The van der Waals surface area contributed by atoms with Crippen LogP contribution in [-0.4, -0.2) is 27.0 Å². The van der Waals surface area contributed by atoms with E-state index in [0.717, 1.165) is 17.0 Å². The summed E-state index contributed by atoms with van der Waals surface area (Å²) in [4.78, 5) is 32.1. The molecule has 0 saturated carbocycles. The Morgan fingerprint density at radius 3 is 2.71 bits per heavy atom. The fourth-order valence-corrected chi connectivity index (χ4v) is 3.18. The van der Waals surface area contributed by atoms with Crippen LogP contribution in [0.25, 0.3) is 11.1 Å². The van der Waals surface area contributed by atoms with Crippen molar-refractivity contribution in [3.63, 3.8) is 0 Å². The summed E-state index contributed by atoms with van der Waals surface area (Å²) in [7, 11) is 0. The second kappa shape index (κ2) is 6.04. The normalized spacial score (nSPS) is 12.3. The third-order valence-corrected chi connectivity index (χ3v) is 4.79. The van der Waals surface area contributed by atoms with E-state index in [9.17, 15) is 9.59 Å². The van der Waals surface area contributed by atoms with Gasteiger partial charge in [-0.15, -0.1) is 11.3 Å². The maximum atomic E-state index is 12.3. The number of furan rings is 1. The van der Waals surface area contributed by atoms with Crippen LogP contribution in [0.1, 0.15) is 49.6 Å². The third-order valence-electron chi connectivity index (χ3n) is 3.46. The van der Waals surface area contributed by atoms with Crippen molar-refractivity contribution in [3.05, 3.63) is 45.2 Å². The summed E-state index contributed by atoms with van der Waals surface area (Å²) in [6, 6.07) is 4.72. The molecule has 0 fully saturated rings. The molecule has 3 aromatic rings. The Morgan fingerprint density at radius 2 is 2.04 bits per heavy atom. The number of carbonyl (C=O) groups excluding carboxylic acids is 1. The molecule has 7 nitrogen and oxygen atoms in total. The lowest BCUT2D eigenvalue weighted by molar-refractivity contribution is 0.0701. The van der Waals surface area contributed by atoms with Crippen molar-refractivity contribution in [2.45, 2.75) is 26.8 Å². The first kappa shape index (κ1) is 16.1. The molecule has 1 atom stereocenters. The molecule has 24 heavy (non-hydrogen) atoms. The number of fused-ring (bicyclic) bond motifs is 1. The van der Waals surface area contributed by atoms with Gasteiger partial charge in [-0.3, -0.25) is 4.79 Å². The van der Waals surface area contributed by atoms with Crippen LogP contribution in [0.15, 0.2) is 22.6 Å². The summed E-state index contributed by atoms with van der Waals surface area (Å²) < 4.78 is 5.50. The summed E-state index contributed by atoms with van der Waals surface area (Å²) in [5.74, 6) is -1.27. The minimum absolute atomic E-state index is 0.154. The van der Waals surface area contributed by atoms with Gasteiger partial charge >= 0.3 is 5.97 Å². The lowest BCUT2D eigenvalue weighted by Gasteiger charge is -2.09. The number of aryl methyl sites for hydroxylation is 2. The number of pyridine rings is 1. The van der Waals surface area contributed by atoms with Gasteiger partial charge in [0.1, 0.15) is 15.4 Å². The highest BCUT2D eigenvalue weighted by molar-refractivity contribution is 7.13. The van der Waals surface area contributed by atoms with Crippen LogP contribution < -0.4 is 5.32 Å². The Bertz CT molecular complexity index is 944. The molecule has 3 rings (SSSR count). The predicted molar refractivity (Wildman–Crippen MR) is 88.4 cm³/mol. The molecule has 2 N–H and O–H groups in total. The van der Waals surface area contributed by atoms with Gasteiger partial charge < -0.3 is 14.8 Å². The summed E-state index contributed by atoms with van der Waals surface area (Å²) >= 11 is 1.05. The first-order valence-corrected chi connectivity index (χ1v) is 8.05. The van der Waals surface area contributed by atoms with Crippen molar-refractivity contribution in [1.29, 1.82) is 0 Å². The van der Waals surface area contributed by atoms with E-state index in [1.165, 1.54) is 0 Å². The van der Waals surface area contributed by atoms with Gasteiger partial charge in [-0.2, -0.15) is 0 Å². The van der Waals surface area contributed by atoms with E-state index in [2.05, 4.69) is 15.3 Å². The van der Waals surface area contributed by atoms with E-state index >= 15 is 0 Å².